The fraction of sp³-hybridized carbons (Fsp3) is 0.647. The molecule has 110 valence electrons. The molecule has 1 atom stereocenters. The van der Waals surface area contributed by atoms with Crippen LogP contribution in [0.2, 0.25) is 0 Å². The lowest BCUT2D eigenvalue weighted by atomic mass is 9.94. The maximum Gasteiger partial charge on any atom is 0.161 e. The monoisotopic (exact) mass is 275 g/mol. The van der Waals surface area contributed by atoms with Crippen LogP contribution in [-0.4, -0.2) is 19.3 Å². The Bertz CT molecular complexity index is 452. The molecule has 1 heterocycles. The van der Waals surface area contributed by atoms with Crippen molar-refractivity contribution in [3.05, 3.63) is 23.8 Å². The second-order valence-electron chi connectivity index (χ2n) is 6.27. The first-order valence-corrected chi connectivity index (χ1v) is 7.89. The summed E-state index contributed by atoms with van der Waals surface area (Å²) in [7, 11) is 0. The van der Waals surface area contributed by atoms with Crippen LogP contribution in [0.1, 0.15) is 51.1 Å². The van der Waals surface area contributed by atoms with Crippen LogP contribution in [0.5, 0.6) is 11.5 Å². The topological polar surface area (TPSA) is 30.5 Å². The predicted molar refractivity (Wildman–Crippen MR) is 80.4 cm³/mol. The first kappa shape index (κ1) is 13.7. The molecule has 3 rings (SSSR count). The average Bonchev–Trinajstić information content (AvgIpc) is 2.97. The van der Waals surface area contributed by atoms with E-state index in [4.69, 9.17) is 9.47 Å². The highest BCUT2D eigenvalue weighted by Crippen LogP contribution is 2.35. The summed E-state index contributed by atoms with van der Waals surface area (Å²) >= 11 is 0. The molecule has 1 aliphatic carbocycles. The lowest BCUT2D eigenvalue weighted by Gasteiger charge is -2.28. The van der Waals surface area contributed by atoms with E-state index in [1.807, 2.05) is 0 Å². The van der Waals surface area contributed by atoms with E-state index >= 15 is 0 Å². The molecule has 1 aliphatic heterocycles. The molecule has 3 heteroatoms. The lowest BCUT2D eigenvalue weighted by Crippen LogP contribution is -2.33. The van der Waals surface area contributed by atoms with Gasteiger partial charge in [0.25, 0.3) is 0 Å². The van der Waals surface area contributed by atoms with Crippen molar-refractivity contribution in [1.82, 2.24) is 5.32 Å². The normalized spacial score (nSPS) is 20.4. The molecule has 0 saturated heterocycles. The summed E-state index contributed by atoms with van der Waals surface area (Å²) in [6.45, 7) is 5.87. The molecule has 1 aromatic carbocycles. The molecule has 0 unspecified atom stereocenters. The zero-order valence-electron chi connectivity index (χ0n) is 12.5. The third kappa shape index (κ3) is 2.93. The number of fused-ring (bicyclic) bond motifs is 1. The molecule has 20 heavy (non-hydrogen) atoms. The minimum atomic E-state index is 0.397. The Morgan fingerprint density at radius 3 is 2.45 bits per heavy atom. The maximum atomic E-state index is 5.71. The van der Waals surface area contributed by atoms with Gasteiger partial charge in [0, 0.05) is 12.1 Å². The van der Waals surface area contributed by atoms with Crippen molar-refractivity contribution in [3.8, 4) is 11.5 Å². The Hall–Kier alpha value is -1.22. The Morgan fingerprint density at radius 2 is 1.75 bits per heavy atom. The largest absolute Gasteiger partial charge is 0.486 e. The lowest BCUT2D eigenvalue weighted by molar-refractivity contribution is 0.171. The van der Waals surface area contributed by atoms with E-state index in [0.717, 1.165) is 11.5 Å². The van der Waals surface area contributed by atoms with Crippen LogP contribution >= 0.6 is 0 Å². The summed E-state index contributed by atoms with van der Waals surface area (Å²) in [6.07, 6.45) is 5.36. The van der Waals surface area contributed by atoms with Crippen molar-refractivity contribution < 1.29 is 9.47 Å². The van der Waals surface area contributed by atoms with Crippen LogP contribution in [0.3, 0.4) is 0 Å². The third-order valence-corrected chi connectivity index (χ3v) is 4.36. The minimum absolute atomic E-state index is 0.397. The van der Waals surface area contributed by atoms with Gasteiger partial charge in [0.05, 0.1) is 0 Å². The smallest absolute Gasteiger partial charge is 0.161 e. The van der Waals surface area contributed by atoms with Crippen LogP contribution in [0.4, 0.5) is 0 Å². The zero-order valence-corrected chi connectivity index (χ0v) is 12.5. The van der Waals surface area contributed by atoms with E-state index in [2.05, 4.69) is 37.4 Å². The third-order valence-electron chi connectivity index (χ3n) is 4.36. The highest BCUT2D eigenvalue weighted by molar-refractivity contribution is 5.44. The van der Waals surface area contributed by atoms with Crippen molar-refractivity contribution in [2.24, 2.45) is 5.92 Å². The summed E-state index contributed by atoms with van der Waals surface area (Å²) < 4.78 is 11.3. The van der Waals surface area contributed by atoms with Gasteiger partial charge < -0.3 is 14.8 Å². The standard InChI is InChI=1S/C17H25NO2/c1-12(2)17(18-14-5-3-4-6-14)13-7-8-15-16(11-13)20-10-9-19-15/h7-8,11-12,14,17-18H,3-6,9-10H2,1-2H3/t17-/m1/s1. The highest BCUT2D eigenvalue weighted by Gasteiger charge is 2.24. The number of rotatable bonds is 4. The van der Waals surface area contributed by atoms with Crippen LogP contribution in [-0.2, 0) is 0 Å². The summed E-state index contributed by atoms with van der Waals surface area (Å²) in [5.74, 6) is 2.34. The Morgan fingerprint density at radius 1 is 1.05 bits per heavy atom. The molecule has 1 aromatic rings. The van der Waals surface area contributed by atoms with Crippen molar-refractivity contribution >= 4 is 0 Å². The first-order valence-electron chi connectivity index (χ1n) is 7.89. The molecular formula is C17H25NO2. The van der Waals surface area contributed by atoms with E-state index in [-0.39, 0.29) is 0 Å². The van der Waals surface area contributed by atoms with Gasteiger partial charge in [-0.1, -0.05) is 32.8 Å². The molecule has 3 nitrogen and oxygen atoms in total. The highest BCUT2D eigenvalue weighted by atomic mass is 16.6. The molecule has 0 spiro atoms. The predicted octanol–water partition coefficient (Wildman–Crippen LogP) is 3.69. The maximum absolute atomic E-state index is 5.71. The summed E-state index contributed by atoms with van der Waals surface area (Å²) in [6, 6.07) is 7.46. The molecule has 1 saturated carbocycles. The minimum Gasteiger partial charge on any atom is -0.486 e. The molecule has 0 radical (unpaired) electrons. The number of hydrogen-bond donors (Lipinski definition) is 1. The van der Waals surface area contributed by atoms with Crippen molar-refractivity contribution in [3.63, 3.8) is 0 Å². The fourth-order valence-electron chi connectivity index (χ4n) is 3.27. The number of benzene rings is 1. The Labute approximate surface area is 121 Å². The summed E-state index contributed by atoms with van der Waals surface area (Å²) in [4.78, 5) is 0. The van der Waals surface area contributed by atoms with Crippen LogP contribution in [0, 0.1) is 5.92 Å². The average molecular weight is 275 g/mol. The van der Waals surface area contributed by atoms with Gasteiger partial charge >= 0.3 is 0 Å². The Balaban J connectivity index is 1.79. The van der Waals surface area contributed by atoms with Crippen LogP contribution in [0.15, 0.2) is 18.2 Å². The van der Waals surface area contributed by atoms with Gasteiger partial charge in [-0.2, -0.15) is 0 Å². The van der Waals surface area contributed by atoms with Gasteiger partial charge in [0.2, 0.25) is 0 Å². The van der Waals surface area contributed by atoms with Gasteiger partial charge in [-0.05, 0) is 36.5 Å². The van der Waals surface area contributed by atoms with Crippen LogP contribution in [0.25, 0.3) is 0 Å². The van der Waals surface area contributed by atoms with Gasteiger partial charge in [0.15, 0.2) is 11.5 Å². The number of hydrogen-bond acceptors (Lipinski definition) is 3. The van der Waals surface area contributed by atoms with E-state index in [1.165, 1.54) is 31.2 Å². The SMILES string of the molecule is CC(C)[C@@H](NC1CCCC1)c1ccc2c(c1)OCCO2. The zero-order chi connectivity index (χ0) is 13.9. The molecule has 1 fully saturated rings. The molecule has 0 amide bonds. The second-order valence-corrected chi connectivity index (χ2v) is 6.27. The molecular weight excluding hydrogens is 250 g/mol. The van der Waals surface area contributed by atoms with Gasteiger partial charge in [-0.3, -0.25) is 0 Å². The fourth-order valence-corrected chi connectivity index (χ4v) is 3.27. The Kier molecular flexibility index (Phi) is 4.16. The quantitative estimate of drug-likeness (QED) is 0.909. The first-order chi connectivity index (χ1) is 9.74. The van der Waals surface area contributed by atoms with E-state index < -0.39 is 0 Å². The van der Waals surface area contributed by atoms with Crippen molar-refractivity contribution in [1.29, 1.82) is 0 Å². The van der Waals surface area contributed by atoms with Gasteiger partial charge in [-0.15, -0.1) is 0 Å². The molecule has 0 aromatic heterocycles. The van der Waals surface area contributed by atoms with E-state index in [0.29, 0.717) is 31.2 Å². The van der Waals surface area contributed by atoms with Crippen molar-refractivity contribution in [2.45, 2.75) is 51.6 Å². The van der Waals surface area contributed by atoms with Crippen molar-refractivity contribution in [2.75, 3.05) is 13.2 Å². The van der Waals surface area contributed by atoms with E-state index in [9.17, 15) is 0 Å². The second kappa shape index (κ2) is 6.04. The molecule has 2 aliphatic rings. The van der Waals surface area contributed by atoms with Crippen LogP contribution < -0.4 is 14.8 Å². The van der Waals surface area contributed by atoms with Gasteiger partial charge in [0.1, 0.15) is 13.2 Å². The summed E-state index contributed by atoms with van der Waals surface area (Å²) in [5.41, 5.74) is 1.32. The van der Waals surface area contributed by atoms with E-state index in [1.54, 1.807) is 0 Å². The number of nitrogens with one attached hydrogen (secondary N) is 1. The summed E-state index contributed by atoms with van der Waals surface area (Å²) in [5, 5.41) is 3.84. The molecule has 1 N–H and O–H groups in total. The molecule has 0 bridgehead atoms. The van der Waals surface area contributed by atoms with Gasteiger partial charge in [-0.25, -0.2) is 0 Å². The number of ether oxygens (including phenoxy) is 2.